The van der Waals surface area contributed by atoms with Crippen LogP contribution in [0.5, 0.6) is 0 Å². The Bertz CT molecular complexity index is 1630. The number of likely N-dealkylation sites (N-methyl/N-ethyl adjacent to an activating group) is 1. The van der Waals surface area contributed by atoms with Crippen LogP contribution in [0, 0.1) is 0 Å². The molecule has 0 radical (unpaired) electrons. The predicted molar refractivity (Wildman–Crippen MR) is 339 cm³/mol. The number of allylic oxidation sites excluding steroid dienone is 13. The lowest BCUT2D eigenvalue weighted by atomic mass is 10.0. The molecule has 0 saturated carbocycles. The fourth-order valence-electron chi connectivity index (χ4n) is 9.25. The van der Waals surface area contributed by atoms with Gasteiger partial charge in [-0.1, -0.05) is 260 Å². The summed E-state index contributed by atoms with van der Waals surface area (Å²) in [7, 11) is 1.17. The fourth-order valence-corrected chi connectivity index (χ4v) is 9.97. The van der Waals surface area contributed by atoms with Crippen LogP contribution in [0.1, 0.15) is 290 Å². The van der Waals surface area contributed by atoms with Crippen LogP contribution < -0.4 is 10.2 Å². The Morgan fingerprint density at radius 2 is 0.810 bits per heavy atom. The lowest BCUT2D eigenvalue weighted by Crippen LogP contribution is -2.47. The maximum Gasteiger partial charge on any atom is 0.306 e. The minimum absolute atomic E-state index is 0.0286. The van der Waals surface area contributed by atoms with Gasteiger partial charge in [-0.15, -0.1) is 0 Å². The summed E-state index contributed by atoms with van der Waals surface area (Å²) in [6.45, 7) is 6.70. The zero-order valence-electron chi connectivity index (χ0n) is 52.3. The van der Waals surface area contributed by atoms with Crippen molar-refractivity contribution < 1.29 is 37.3 Å². The molecule has 0 fully saturated rings. The first-order valence-corrected chi connectivity index (χ1v) is 34.4. The van der Waals surface area contributed by atoms with Crippen molar-refractivity contribution in [3.8, 4) is 0 Å². The average molecular weight is 1130 g/mol. The van der Waals surface area contributed by atoms with E-state index in [1.807, 2.05) is 33.3 Å². The normalized spacial score (nSPS) is 14.2. The summed E-state index contributed by atoms with van der Waals surface area (Å²) < 4.78 is 30.3. The maximum atomic E-state index is 13.6. The lowest BCUT2D eigenvalue weighted by molar-refractivity contribution is -0.870. The van der Waals surface area contributed by atoms with Gasteiger partial charge >= 0.3 is 5.97 Å². The molecule has 9 nitrogen and oxygen atoms in total. The summed E-state index contributed by atoms with van der Waals surface area (Å²) in [5, 5.41) is 3.03. The van der Waals surface area contributed by atoms with Crippen LogP contribution in [0.15, 0.2) is 85.1 Å². The van der Waals surface area contributed by atoms with Gasteiger partial charge < -0.3 is 28.5 Å². The second kappa shape index (κ2) is 58.4. The molecule has 0 spiro atoms. The number of amides is 1. The number of esters is 1. The molecule has 0 aliphatic heterocycles. The minimum Gasteiger partial charge on any atom is -0.756 e. The molecule has 0 heterocycles. The highest BCUT2D eigenvalue weighted by Gasteiger charge is 2.27. The van der Waals surface area contributed by atoms with Gasteiger partial charge in [-0.25, -0.2) is 0 Å². The molecule has 0 aromatic heterocycles. The van der Waals surface area contributed by atoms with Crippen LogP contribution in [0.2, 0.25) is 0 Å². The number of nitrogens with zero attached hydrogens (tertiary/aromatic N) is 1. The van der Waals surface area contributed by atoms with Gasteiger partial charge in [-0.05, 0) is 102 Å². The van der Waals surface area contributed by atoms with Gasteiger partial charge in [-0.3, -0.25) is 14.2 Å². The van der Waals surface area contributed by atoms with Crippen LogP contribution >= 0.6 is 7.82 Å². The zero-order valence-corrected chi connectivity index (χ0v) is 53.2. The van der Waals surface area contributed by atoms with E-state index in [2.05, 4.69) is 99.0 Å². The molecule has 79 heavy (non-hydrogen) atoms. The fraction of sp³-hybridized carbons (Fsp3) is 0.768. The van der Waals surface area contributed by atoms with Gasteiger partial charge in [0.1, 0.15) is 19.3 Å². The molecular weight excluding hydrogens is 1000 g/mol. The summed E-state index contributed by atoms with van der Waals surface area (Å²) in [6.07, 6.45) is 77.0. The number of phosphoric ester groups is 1. The lowest BCUT2D eigenvalue weighted by Gasteiger charge is -2.30. The van der Waals surface area contributed by atoms with E-state index in [9.17, 15) is 19.0 Å². The molecule has 1 amide bonds. The van der Waals surface area contributed by atoms with Crippen molar-refractivity contribution in [2.75, 3.05) is 40.9 Å². The Kier molecular flexibility index (Phi) is 56.3. The molecule has 0 aliphatic rings. The third kappa shape index (κ3) is 59.6. The van der Waals surface area contributed by atoms with Crippen molar-refractivity contribution >= 4 is 19.7 Å². The van der Waals surface area contributed by atoms with Gasteiger partial charge in [0.05, 0.1) is 33.8 Å². The number of hydrogen-bond donors (Lipinski definition) is 1. The third-order valence-corrected chi connectivity index (χ3v) is 15.3. The monoisotopic (exact) mass is 1120 g/mol. The Hall–Kier alpha value is -2.81. The Labute approximate surface area is 488 Å². The third-order valence-electron chi connectivity index (χ3n) is 14.3. The highest BCUT2D eigenvalue weighted by Crippen LogP contribution is 2.38. The number of nitrogens with one attached hydrogen (secondary N) is 1. The van der Waals surface area contributed by atoms with Gasteiger partial charge in [0, 0.05) is 12.8 Å². The number of phosphoric acid groups is 1. The topological polar surface area (TPSA) is 114 Å². The molecule has 1 N–H and O–H groups in total. The van der Waals surface area contributed by atoms with Crippen LogP contribution in [0.25, 0.3) is 0 Å². The van der Waals surface area contributed by atoms with E-state index in [-0.39, 0.29) is 24.9 Å². The van der Waals surface area contributed by atoms with E-state index in [4.69, 9.17) is 13.8 Å². The molecule has 10 heteroatoms. The average Bonchev–Trinajstić information content (AvgIpc) is 3.41. The Morgan fingerprint density at radius 1 is 0.456 bits per heavy atom. The van der Waals surface area contributed by atoms with Crippen LogP contribution in [0.4, 0.5) is 0 Å². The highest BCUT2D eigenvalue weighted by molar-refractivity contribution is 7.45. The van der Waals surface area contributed by atoms with Crippen molar-refractivity contribution in [2.24, 2.45) is 0 Å². The highest BCUT2D eigenvalue weighted by atomic mass is 31.2. The van der Waals surface area contributed by atoms with Crippen molar-refractivity contribution in [2.45, 2.75) is 303 Å². The number of rotatable bonds is 59. The standard InChI is InChI=1S/C69H125N2O7P/c1-7-10-13-16-19-22-25-28-30-31-32-33-34-35-36-37-38-39-40-41-42-43-46-49-52-55-58-61-68(72)70-66(65-77-79(74,75)76-64-63-71(4,5)6)67(60-57-54-51-48-45-27-24-21-18-15-12-9-3)78-69(73)62-59-56-53-50-47-44-29-26-23-20-17-14-11-8-2/h11,14,19-20,22-23,28-30,32-33,44,57,60,66-67H,7-10,12-13,15-18,21,24-27,31,34-43,45-56,58-59,61-65H2,1-6H3,(H-,70,72,74,75)/b14-11+,22-19-,23-20+,30-28-,33-32-,44-29+,60-57-. The van der Waals surface area contributed by atoms with E-state index in [1.165, 1.54) is 154 Å². The van der Waals surface area contributed by atoms with Crippen molar-refractivity contribution in [3.05, 3.63) is 85.1 Å². The summed E-state index contributed by atoms with van der Waals surface area (Å²) in [5.74, 6) is -0.565. The smallest absolute Gasteiger partial charge is 0.306 e. The first-order chi connectivity index (χ1) is 38.4. The molecule has 3 unspecified atom stereocenters. The number of ether oxygens (including phenoxy) is 1. The molecule has 0 aliphatic carbocycles. The molecule has 0 bridgehead atoms. The Balaban J connectivity index is 5.06. The number of unbranched alkanes of at least 4 members (excludes halogenated alkanes) is 31. The Morgan fingerprint density at radius 3 is 1.24 bits per heavy atom. The molecule has 0 aromatic carbocycles. The van der Waals surface area contributed by atoms with Crippen molar-refractivity contribution in [1.29, 1.82) is 0 Å². The number of carbonyl (C=O) groups is 2. The molecule has 0 saturated heterocycles. The largest absolute Gasteiger partial charge is 0.756 e. The summed E-state index contributed by atoms with van der Waals surface area (Å²) in [4.78, 5) is 40.0. The van der Waals surface area contributed by atoms with Crippen LogP contribution in [-0.4, -0.2) is 69.4 Å². The SMILES string of the molecule is CC/C=C/C/C=C/C/C=C/CCCCCCC(=O)OC(/C=C\CCCCCCCCCCCC)C(COP(=O)([O-])OCC[N+](C)(C)C)NC(=O)CCCCCCCCCCCCCCCC/C=C\C/C=C\C/C=C\CCCCC. The molecule has 458 valence electrons. The second-order valence-electron chi connectivity index (χ2n) is 23.2. The molecule has 0 aromatic rings. The van der Waals surface area contributed by atoms with Crippen molar-refractivity contribution in [3.63, 3.8) is 0 Å². The summed E-state index contributed by atoms with van der Waals surface area (Å²) >= 11 is 0. The number of hydrogen-bond acceptors (Lipinski definition) is 7. The van der Waals surface area contributed by atoms with Crippen LogP contribution in [-0.2, 0) is 27.9 Å². The van der Waals surface area contributed by atoms with Gasteiger partial charge in [0.2, 0.25) is 5.91 Å². The van der Waals surface area contributed by atoms with Crippen molar-refractivity contribution in [1.82, 2.24) is 5.32 Å². The number of quaternary nitrogens is 1. The second-order valence-corrected chi connectivity index (χ2v) is 24.6. The number of carbonyl (C=O) groups excluding carboxylic acids is 2. The summed E-state index contributed by atoms with van der Waals surface area (Å²) in [6, 6.07) is -0.901. The van der Waals surface area contributed by atoms with Gasteiger partial charge in [-0.2, -0.15) is 0 Å². The summed E-state index contributed by atoms with van der Waals surface area (Å²) in [5.41, 5.74) is 0. The van der Waals surface area contributed by atoms with E-state index < -0.39 is 26.6 Å². The van der Waals surface area contributed by atoms with Gasteiger partial charge in [0.15, 0.2) is 0 Å². The van der Waals surface area contributed by atoms with E-state index >= 15 is 0 Å². The van der Waals surface area contributed by atoms with E-state index in [1.54, 1.807) is 0 Å². The van der Waals surface area contributed by atoms with Gasteiger partial charge in [0.25, 0.3) is 7.82 Å². The molecule has 3 atom stereocenters. The first-order valence-electron chi connectivity index (χ1n) is 32.9. The van der Waals surface area contributed by atoms with E-state index in [0.29, 0.717) is 23.9 Å². The van der Waals surface area contributed by atoms with Crippen LogP contribution in [0.3, 0.4) is 0 Å². The maximum absolute atomic E-state index is 13.6. The predicted octanol–water partition coefficient (Wildman–Crippen LogP) is 19.9. The molecular formula is C69H125N2O7P. The molecule has 0 rings (SSSR count). The minimum atomic E-state index is -4.71. The zero-order chi connectivity index (χ0) is 57.9. The van der Waals surface area contributed by atoms with E-state index in [0.717, 1.165) is 96.3 Å². The first kappa shape index (κ1) is 76.2. The quantitative estimate of drug-likeness (QED) is 0.0212.